The van der Waals surface area contributed by atoms with Crippen LogP contribution in [-0.2, 0) is 11.2 Å². The largest absolute Gasteiger partial charge is 0.478 e. The van der Waals surface area contributed by atoms with E-state index in [1.807, 2.05) is 18.2 Å². The minimum atomic E-state index is 0.113. The first-order chi connectivity index (χ1) is 8.86. The number of rotatable bonds is 7. The van der Waals surface area contributed by atoms with E-state index in [0.29, 0.717) is 18.9 Å². The molecular weight excluding hydrogens is 228 g/mol. The lowest BCUT2D eigenvalue weighted by molar-refractivity contribution is 0.228. The van der Waals surface area contributed by atoms with Gasteiger partial charge < -0.3 is 9.84 Å². The summed E-state index contributed by atoms with van der Waals surface area (Å²) in [4.78, 5) is 7.96. The van der Waals surface area contributed by atoms with Gasteiger partial charge >= 0.3 is 0 Å². The molecule has 4 nitrogen and oxygen atoms in total. The molecule has 0 atom stereocenters. The maximum absolute atomic E-state index is 8.67. The fourth-order valence-corrected chi connectivity index (χ4v) is 1.27. The Morgan fingerprint density at radius 1 is 1.44 bits per heavy atom. The van der Waals surface area contributed by atoms with Gasteiger partial charge in [-0.05, 0) is 30.2 Å². The fourth-order valence-electron chi connectivity index (χ4n) is 1.27. The van der Waals surface area contributed by atoms with E-state index >= 15 is 0 Å². The molecule has 0 aliphatic heterocycles. The summed E-state index contributed by atoms with van der Waals surface area (Å²) in [5.41, 5.74) is 1.18. The van der Waals surface area contributed by atoms with E-state index < -0.39 is 0 Å². The third kappa shape index (κ3) is 5.96. The van der Waals surface area contributed by atoms with Crippen LogP contribution in [0.1, 0.15) is 12.0 Å². The van der Waals surface area contributed by atoms with Crippen LogP contribution in [0.25, 0.3) is 0 Å². The molecule has 0 radical (unpaired) electrons. The Morgan fingerprint density at radius 3 is 2.89 bits per heavy atom. The molecule has 0 unspecified atom stereocenters. The predicted octanol–water partition coefficient (Wildman–Crippen LogP) is 2.12. The molecule has 96 valence electrons. The zero-order valence-corrected chi connectivity index (χ0v) is 10.3. The number of aliphatic hydroxyl groups is 1. The monoisotopic (exact) mass is 246 g/mol. The van der Waals surface area contributed by atoms with Crippen LogP contribution in [-0.4, -0.2) is 29.2 Å². The topological polar surface area (TPSA) is 54.7 Å². The molecule has 0 aliphatic rings. The van der Waals surface area contributed by atoms with Crippen LogP contribution in [0.15, 0.2) is 54.4 Å². The summed E-state index contributed by atoms with van der Waals surface area (Å²) in [6, 6.07) is 3.92. The van der Waals surface area contributed by atoms with Gasteiger partial charge in [0.05, 0.1) is 6.61 Å². The zero-order valence-electron chi connectivity index (χ0n) is 10.3. The number of aliphatic hydroxyl groups excluding tert-OH is 1. The molecule has 0 aliphatic carbocycles. The molecule has 1 aromatic heterocycles. The lowest BCUT2D eigenvalue weighted by Crippen LogP contribution is -2.04. The number of aromatic nitrogens is 1. The number of hydrogen-bond donors (Lipinski definition) is 1. The van der Waals surface area contributed by atoms with E-state index in [1.54, 1.807) is 18.5 Å². The van der Waals surface area contributed by atoms with Crippen LogP contribution >= 0.6 is 0 Å². The average Bonchev–Trinajstić information content (AvgIpc) is 2.40. The van der Waals surface area contributed by atoms with Gasteiger partial charge in [-0.15, -0.1) is 0 Å². The Labute approximate surface area is 107 Å². The van der Waals surface area contributed by atoms with Gasteiger partial charge in [0.1, 0.15) is 0 Å². The number of nitrogens with zero attached hydrogens (tertiary/aromatic N) is 2. The molecule has 0 spiro atoms. The molecule has 1 aromatic rings. The van der Waals surface area contributed by atoms with Gasteiger partial charge in [0.2, 0.25) is 5.90 Å². The summed E-state index contributed by atoms with van der Waals surface area (Å²) in [7, 11) is 0. The Hall–Kier alpha value is -1.94. The van der Waals surface area contributed by atoms with Gasteiger partial charge in [-0.3, -0.25) is 4.98 Å². The predicted molar refractivity (Wildman–Crippen MR) is 72.4 cm³/mol. The molecule has 0 bridgehead atoms. The van der Waals surface area contributed by atoms with Crippen molar-refractivity contribution in [3.63, 3.8) is 0 Å². The van der Waals surface area contributed by atoms with Crippen LogP contribution in [0, 0.1) is 0 Å². The maximum atomic E-state index is 8.67. The highest BCUT2D eigenvalue weighted by Gasteiger charge is 1.94. The standard InChI is InChI=1S/C14H18N2O2/c1-2-16-14(18-12-4-11-17)6-3-5-13-7-9-15-10-8-13/h2-3,6-10,17H,1,4-5,11-12H2/b6-3-,16-14?. The first kappa shape index (κ1) is 14.1. The van der Waals surface area contributed by atoms with E-state index in [1.165, 1.54) is 11.8 Å². The Balaban J connectivity index is 2.45. The van der Waals surface area contributed by atoms with E-state index in [0.717, 1.165) is 6.42 Å². The number of ether oxygens (including phenoxy) is 1. The Morgan fingerprint density at radius 2 is 2.22 bits per heavy atom. The highest BCUT2D eigenvalue weighted by atomic mass is 16.5. The van der Waals surface area contributed by atoms with Gasteiger partial charge in [0.15, 0.2) is 0 Å². The van der Waals surface area contributed by atoms with E-state index in [2.05, 4.69) is 16.6 Å². The zero-order chi connectivity index (χ0) is 13.1. The normalized spacial score (nSPS) is 11.7. The van der Waals surface area contributed by atoms with E-state index in [4.69, 9.17) is 9.84 Å². The van der Waals surface area contributed by atoms with Crippen molar-refractivity contribution in [1.82, 2.24) is 4.98 Å². The average molecular weight is 246 g/mol. The maximum Gasteiger partial charge on any atom is 0.212 e. The van der Waals surface area contributed by atoms with Crippen molar-refractivity contribution in [3.05, 3.63) is 55.0 Å². The molecule has 0 saturated carbocycles. The van der Waals surface area contributed by atoms with Crippen molar-refractivity contribution in [2.45, 2.75) is 12.8 Å². The second-order valence-electron chi connectivity index (χ2n) is 3.54. The summed E-state index contributed by atoms with van der Waals surface area (Å²) in [5.74, 6) is 0.507. The second kappa shape index (κ2) is 9.13. The van der Waals surface area contributed by atoms with Crippen molar-refractivity contribution in [3.8, 4) is 0 Å². The Bertz CT molecular complexity index is 400. The molecule has 0 amide bonds. The van der Waals surface area contributed by atoms with Gasteiger partial charge in [0.25, 0.3) is 0 Å². The molecule has 18 heavy (non-hydrogen) atoms. The van der Waals surface area contributed by atoms with Gasteiger partial charge in [-0.2, -0.15) is 0 Å². The SMILES string of the molecule is C=CN=C(/C=C\Cc1ccncc1)OCCCO. The molecule has 0 aromatic carbocycles. The molecule has 4 heteroatoms. The summed E-state index contributed by atoms with van der Waals surface area (Å²) in [6.07, 6.45) is 10.1. The van der Waals surface area contributed by atoms with Crippen molar-refractivity contribution < 1.29 is 9.84 Å². The minimum absolute atomic E-state index is 0.113. The highest BCUT2D eigenvalue weighted by Crippen LogP contribution is 1.99. The lowest BCUT2D eigenvalue weighted by atomic mass is 10.2. The van der Waals surface area contributed by atoms with Crippen LogP contribution in [0.2, 0.25) is 0 Å². The number of allylic oxidation sites excluding steroid dienone is 1. The van der Waals surface area contributed by atoms with Crippen molar-refractivity contribution in [2.24, 2.45) is 4.99 Å². The molecule has 0 saturated heterocycles. The lowest BCUT2D eigenvalue weighted by Gasteiger charge is -2.03. The summed E-state index contributed by atoms with van der Waals surface area (Å²) in [5, 5.41) is 8.67. The van der Waals surface area contributed by atoms with Crippen molar-refractivity contribution in [2.75, 3.05) is 13.2 Å². The molecular formula is C14H18N2O2. The number of hydrogen-bond acceptors (Lipinski definition) is 4. The third-order valence-electron chi connectivity index (χ3n) is 2.13. The minimum Gasteiger partial charge on any atom is -0.478 e. The molecule has 1 rings (SSSR count). The van der Waals surface area contributed by atoms with Gasteiger partial charge in [-0.1, -0.05) is 12.7 Å². The smallest absolute Gasteiger partial charge is 0.212 e. The van der Waals surface area contributed by atoms with Crippen LogP contribution in [0.4, 0.5) is 0 Å². The Kier molecular flexibility index (Phi) is 7.16. The van der Waals surface area contributed by atoms with Gasteiger partial charge in [0, 0.05) is 31.6 Å². The highest BCUT2D eigenvalue weighted by molar-refractivity contribution is 5.88. The van der Waals surface area contributed by atoms with Crippen molar-refractivity contribution >= 4 is 5.90 Å². The van der Waals surface area contributed by atoms with E-state index in [9.17, 15) is 0 Å². The quantitative estimate of drug-likeness (QED) is 0.455. The molecule has 1 N–H and O–H groups in total. The fraction of sp³-hybridized carbons (Fsp3) is 0.286. The summed E-state index contributed by atoms with van der Waals surface area (Å²) < 4.78 is 5.38. The van der Waals surface area contributed by atoms with Crippen LogP contribution < -0.4 is 0 Å². The molecule has 0 fully saturated rings. The third-order valence-corrected chi connectivity index (χ3v) is 2.13. The molecule has 1 heterocycles. The van der Waals surface area contributed by atoms with E-state index in [-0.39, 0.29) is 6.61 Å². The van der Waals surface area contributed by atoms with Crippen LogP contribution in [0.5, 0.6) is 0 Å². The van der Waals surface area contributed by atoms with Crippen molar-refractivity contribution in [1.29, 1.82) is 0 Å². The summed E-state index contributed by atoms with van der Waals surface area (Å²) in [6.45, 7) is 4.10. The second-order valence-corrected chi connectivity index (χ2v) is 3.54. The number of aliphatic imine (C=N–C) groups is 1. The van der Waals surface area contributed by atoms with Gasteiger partial charge in [-0.25, -0.2) is 4.99 Å². The first-order valence-electron chi connectivity index (χ1n) is 5.84. The first-order valence-corrected chi connectivity index (χ1v) is 5.84. The van der Waals surface area contributed by atoms with Crippen LogP contribution in [0.3, 0.4) is 0 Å². The number of pyridine rings is 1. The summed E-state index contributed by atoms with van der Waals surface area (Å²) >= 11 is 0.